The van der Waals surface area contributed by atoms with E-state index in [0.717, 1.165) is 33.5 Å². The van der Waals surface area contributed by atoms with E-state index < -0.39 is 5.41 Å². The van der Waals surface area contributed by atoms with Crippen molar-refractivity contribution in [1.29, 1.82) is 0 Å². The first-order valence-corrected chi connectivity index (χ1v) is 40.6. The average molecular weight is 1510 g/mol. The van der Waals surface area contributed by atoms with E-state index in [2.05, 4.69) is 465 Å². The molecule has 2 nitrogen and oxygen atoms in total. The van der Waals surface area contributed by atoms with Crippen molar-refractivity contribution in [2.45, 2.75) is 10.8 Å². The molecule has 554 valence electrons. The van der Waals surface area contributed by atoms with Crippen molar-refractivity contribution >= 4 is 83.1 Å². The third kappa shape index (κ3) is 12.8. The molecular formula is C114H81ClN2. The van der Waals surface area contributed by atoms with Crippen LogP contribution in [0, 0.1) is 0 Å². The number of nitrogens with zero attached hydrogens (tertiary/aromatic N) is 1. The van der Waals surface area contributed by atoms with Crippen LogP contribution >= 0.6 is 11.6 Å². The number of rotatable bonds is 13. The lowest BCUT2D eigenvalue weighted by Crippen LogP contribution is -2.28. The summed E-state index contributed by atoms with van der Waals surface area (Å²) < 4.78 is 0. The molecule has 117 heavy (non-hydrogen) atoms. The maximum Gasteiger partial charge on any atom is 0.0714 e. The molecular weight excluding hydrogens is 1430 g/mol. The number of benzene rings is 20. The molecule has 3 heteroatoms. The van der Waals surface area contributed by atoms with Crippen LogP contribution in [0.4, 0.5) is 28.4 Å². The summed E-state index contributed by atoms with van der Waals surface area (Å²) in [6.07, 6.45) is 0. The second-order valence-corrected chi connectivity index (χ2v) is 30.7. The first-order chi connectivity index (χ1) is 58.0. The summed E-state index contributed by atoms with van der Waals surface area (Å²) in [5.74, 6) is 0. The molecule has 0 amide bonds. The van der Waals surface area contributed by atoms with Gasteiger partial charge in [-0.15, -0.1) is 0 Å². The van der Waals surface area contributed by atoms with Crippen molar-refractivity contribution in [2.24, 2.45) is 0 Å². The van der Waals surface area contributed by atoms with E-state index in [1.165, 1.54) is 154 Å². The van der Waals surface area contributed by atoms with Gasteiger partial charge in [-0.25, -0.2) is 0 Å². The quantitative estimate of drug-likeness (QED) is 0.116. The first kappa shape index (κ1) is 71.4. The van der Waals surface area contributed by atoms with Crippen molar-refractivity contribution in [3.8, 4) is 66.8 Å². The van der Waals surface area contributed by atoms with Crippen molar-refractivity contribution in [3.63, 3.8) is 0 Å². The summed E-state index contributed by atoms with van der Waals surface area (Å²) in [4.78, 5) is 2.40. The summed E-state index contributed by atoms with van der Waals surface area (Å²) in [7, 11) is 0. The number of anilines is 5. The Labute approximate surface area is 690 Å². The van der Waals surface area contributed by atoms with Crippen LogP contribution in [0.2, 0.25) is 5.02 Å². The van der Waals surface area contributed by atoms with E-state index in [9.17, 15) is 0 Å². The molecule has 0 saturated heterocycles. The Hall–Kier alpha value is -14.7. The Morgan fingerprint density at radius 3 is 0.880 bits per heavy atom. The van der Waals surface area contributed by atoms with Crippen molar-refractivity contribution in [1.82, 2.24) is 0 Å². The zero-order chi connectivity index (χ0) is 78.1. The third-order valence-electron chi connectivity index (χ3n) is 23.8. The zero-order valence-corrected chi connectivity index (χ0v) is 65.1. The molecule has 20 aromatic carbocycles. The van der Waals surface area contributed by atoms with Crippen LogP contribution < -0.4 is 10.2 Å². The maximum atomic E-state index is 6.07. The first-order valence-electron chi connectivity index (χ1n) is 40.2. The summed E-state index contributed by atoms with van der Waals surface area (Å²) in [6, 6.07) is 171. The van der Waals surface area contributed by atoms with Gasteiger partial charge in [0.25, 0.3) is 0 Å². The monoisotopic (exact) mass is 1510 g/mol. The van der Waals surface area contributed by atoms with Crippen molar-refractivity contribution in [2.75, 3.05) is 10.2 Å². The maximum absolute atomic E-state index is 6.07. The molecule has 0 unspecified atom stereocenters. The number of fused-ring (bicyclic) bond motifs is 12. The highest BCUT2D eigenvalue weighted by atomic mass is 35.5. The summed E-state index contributed by atoms with van der Waals surface area (Å²) in [5.41, 5.74) is 30.1. The highest BCUT2D eigenvalue weighted by Gasteiger charge is 2.48. The van der Waals surface area contributed by atoms with Crippen LogP contribution in [0.15, 0.2) is 473 Å². The van der Waals surface area contributed by atoms with Gasteiger partial charge in [0.15, 0.2) is 0 Å². The summed E-state index contributed by atoms with van der Waals surface area (Å²) in [6.45, 7) is 0. The predicted molar refractivity (Wildman–Crippen MR) is 497 cm³/mol. The van der Waals surface area contributed by atoms with Gasteiger partial charge in [0.2, 0.25) is 0 Å². The Morgan fingerprint density at radius 2 is 0.479 bits per heavy atom. The van der Waals surface area contributed by atoms with Crippen LogP contribution in [0.5, 0.6) is 0 Å². The minimum absolute atomic E-state index is 0. The van der Waals surface area contributed by atoms with Gasteiger partial charge in [0.05, 0.1) is 10.8 Å². The minimum Gasteiger partial charge on any atom is -0.356 e. The smallest absolute Gasteiger partial charge is 0.0714 e. The van der Waals surface area contributed by atoms with Gasteiger partial charge in [-0.2, -0.15) is 0 Å². The average Bonchev–Trinajstić information content (AvgIpc) is 1.54. The Bertz CT molecular complexity index is 6910. The molecule has 1 N–H and O–H groups in total. The number of halogens is 1. The molecule has 2 aliphatic rings. The lowest BCUT2D eigenvalue weighted by atomic mass is 9.67. The Morgan fingerprint density at radius 1 is 0.188 bits per heavy atom. The van der Waals surface area contributed by atoms with Gasteiger partial charge in [-0.05, 0) is 227 Å². The van der Waals surface area contributed by atoms with Crippen molar-refractivity contribution < 1.29 is 1.43 Å². The third-order valence-corrected chi connectivity index (χ3v) is 24.1. The fraction of sp³-hybridized carbons (Fsp3) is 0.0175. The molecule has 20 aromatic rings. The van der Waals surface area contributed by atoms with E-state index in [4.69, 9.17) is 11.6 Å². The molecule has 22 rings (SSSR count). The predicted octanol–water partition coefficient (Wildman–Crippen LogP) is 31.2. The molecule has 0 aliphatic heterocycles. The van der Waals surface area contributed by atoms with Gasteiger partial charge in [0, 0.05) is 34.9 Å². The van der Waals surface area contributed by atoms with E-state index in [1.807, 2.05) is 18.2 Å². The Kier molecular flexibility index (Phi) is 18.9. The fourth-order valence-electron chi connectivity index (χ4n) is 18.7. The zero-order valence-electron chi connectivity index (χ0n) is 64.4. The van der Waals surface area contributed by atoms with Crippen LogP contribution in [-0.4, -0.2) is 0 Å². The summed E-state index contributed by atoms with van der Waals surface area (Å²) >= 11 is 6.07. The molecule has 0 spiro atoms. The summed E-state index contributed by atoms with van der Waals surface area (Å²) in [5, 5.41) is 14.5. The number of para-hydroxylation sites is 2. The second-order valence-electron chi connectivity index (χ2n) is 30.2. The van der Waals surface area contributed by atoms with E-state index in [0.29, 0.717) is 0 Å². The van der Waals surface area contributed by atoms with Crippen LogP contribution in [-0.2, 0) is 10.8 Å². The van der Waals surface area contributed by atoms with Crippen LogP contribution in [0.25, 0.3) is 110 Å². The lowest BCUT2D eigenvalue weighted by Gasteiger charge is -2.35. The molecule has 0 bridgehead atoms. The molecule has 0 fully saturated rings. The topological polar surface area (TPSA) is 15.3 Å². The Balaban J connectivity index is 0.000000129. The second kappa shape index (κ2) is 31.0. The van der Waals surface area contributed by atoms with Gasteiger partial charge in [-0.3, -0.25) is 0 Å². The molecule has 0 radical (unpaired) electrons. The minimum atomic E-state index is -0.475. The molecule has 2 aliphatic carbocycles. The van der Waals surface area contributed by atoms with Crippen LogP contribution in [0.1, 0.15) is 45.9 Å². The van der Waals surface area contributed by atoms with Gasteiger partial charge < -0.3 is 10.2 Å². The highest BCUT2D eigenvalue weighted by Crippen LogP contribution is 2.59. The molecule has 0 saturated carbocycles. The molecule has 0 atom stereocenters. The lowest BCUT2D eigenvalue weighted by molar-refractivity contribution is 0.768. The number of nitrogens with one attached hydrogen (secondary N) is 1. The van der Waals surface area contributed by atoms with E-state index in [-0.39, 0.29) is 6.84 Å². The number of hydrogen-bond acceptors (Lipinski definition) is 2. The normalized spacial score (nSPS) is 12.5. The number of hydrogen-bond donors (Lipinski definition) is 1. The largest absolute Gasteiger partial charge is 0.356 e. The fourth-order valence-corrected chi connectivity index (χ4v) is 18.8. The van der Waals surface area contributed by atoms with Crippen LogP contribution in [0.3, 0.4) is 0 Å². The van der Waals surface area contributed by atoms with Gasteiger partial charge in [-0.1, -0.05) is 412 Å². The van der Waals surface area contributed by atoms with E-state index >= 15 is 0 Å². The SMILES string of the molecule is Clc1ccc(-c2cccc3c2ccc2c(-c4ccccc4)cccc23)cc1.[HH].c1ccc(-c2cccc3c2ccc2c(-c4ccc(N(c5ccccc5)c5ccc6c(c5)C(c5ccccc5)(c5ccccc5)c5ccccc5-6)cc4)cccc23)cc1.c1ccc(Nc2ccc3c(c2)C(c2ccccc2)(c2ccccc2)c2ccccc2-3)cc1. The standard InChI is InChI=1S/C57H39N.C31H23N.C26H17Cl.H2/c1-5-17-40(18-6-1)47-26-15-28-49-50-29-16-27-48(52(50)38-37-51(47)49)41-31-33-45(34-32-41)58(44-23-11-4-12-24-44)46-35-36-54-53-25-13-14-30-55(53)57(56(54)39-46,42-19-7-2-8-20-42)43-21-9-3-10-22-43;1-4-12-23(13-5-1)31(24-14-6-2-7-15-24)29-19-11-10-18-27(29)28-21-20-26(22-30(28)31)32-25-16-8-3-9-17-25;27-20-14-12-19(13-15-20)22-9-5-11-24-23-10-4-8-21(18-6-2-1-3-7-18)25(23)16-17-26(22)24;/h1-39H;1-22,32H;1-17H;1H. The van der Waals surface area contributed by atoms with E-state index in [1.54, 1.807) is 0 Å². The highest BCUT2D eigenvalue weighted by molar-refractivity contribution is 6.30. The van der Waals surface area contributed by atoms with Gasteiger partial charge in [0.1, 0.15) is 0 Å². The van der Waals surface area contributed by atoms with Crippen molar-refractivity contribution in [3.05, 3.63) is 523 Å². The molecule has 0 heterocycles. The van der Waals surface area contributed by atoms with Gasteiger partial charge >= 0.3 is 0 Å². The molecule has 0 aromatic heterocycles.